The van der Waals surface area contributed by atoms with Crippen LogP contribution in [0.1, 0.15) is 19.3 Å². The van der Waals surface area contributed by atoms with Crippen molar-refractivity contribution in [1.82, 2.24) is 10.0 Å². The minimum Gasteiger partial charge on any atom is -0.314 e. The van der Waals surface area contributed by atoms with E-state index in [4.69, 9.17) is 0 Å². The third-order valence-electron chi connectivity index (χ3n) is 3.15. The second kappa shape index (κ2) is 7.70. The van der Waals surface area contributed by atoms with Crippen molar-refractivity contribution in [1.29, 1.82) is 0 Å². The van der Waals surface area contributed by atoms with Crippen LogP contribution in [-0.4, -0.2) is 27.5 Å². The van der Waals surface area contributed by atoms with Crippen LogP contribution >= 0.6 is 28.3 Å². The third-order valence-corrected chi connectivity index (χ3v) is 5.25. The van der Waals surface area contributed by atoms with Gasteiger partial charge in [-0.25, -0.2) is 17.5 Å². The fourth-order valence-electron chi connectivity index (χ4n) is 2.10. The van der Waals surface area contributed by atoms with Crippen molar-refractivity contribution in [3.63, 3.8) is 0 Å². The minimum absolute atomic E-state index is 0. The number of benzene rings is 1. The molecule has 0 spiro atoms. The number of rotatable bonds is 5. The first-order valence-corrected chi connectivity index (χ1v) is 8.45. The molecule has 20 heavy (non-hydrogen) atoms. The quantitative estimate of drug-likeness (QED) is 0.816. The molecule has 0 aromatic heterocycles. The van der Waals surface area contributed by atoms with Crippen LogP contribution in [0, 0.1) is 5.82 Å². The Morgan fingerprint density at radius 2 is 2.20 bits per heavy atom. The zero-order chi connectivity index (χ0) is 13.9. The zero-order valence-electron chi connectivity index (χ0n) is 10.7. The van der Waals surface area contributed by atoms with Gasteiger partial charge < -0.3 is 5.32 Å². The van der Waals surface area contributed by atoms with E-state index in [2.05, 4.69) is 26.0 Å². The molecule has 4 nitrogen and oxygen atoms in total. The number of hydrogen-bond acceptors (Lipinski definition) is 3. The molecule has 0 unspecified atom stereocenters. The van der Waals surface area contributed by atoms with E-state index < -0.39 is 15.8 Å². The molecule has 1 aliphatic rings. The molecule has 1 atom stereocenters. The Balaban J connectivity index is 0.00000200. The molecule has 2 rings (SSSR count). The van der Waals surface area contributed by atoms with Crippen LogP contribution in [0.4, 0.5) is 4.39 Å². The molecule has 2 N–H and O–H groups in total. The normalized spacial score (nSPS) is 18.8. The Bertz CT molecular complexity index is 550. The van der Waals surface area contributed by atoms with E-state index in [1.54, 1.807) is 0 Å². The fraction of sp³-hybridized carbons (Fsp3) is 0.500. The molecular weight excluding hydrogens is 371 g/mol. The summed E-state index contributed by atoms with van der Waals surface area (Å²) in [6.07, 6.45) is 2.96. The summed E-state index contributed by atoms with van der Waals surface area (Å²) < 4.78 is 40.0. The van der Waals surface area contributed by atoms with Crippen LogP contribution in [0.25, 0.3) is 0 Å². The van der Waals surface area contributed by atoms with Gasteiger partial charge in [-0.3, -0.25) is 0 Å². The number of nitrogens with one attached hydrogen (secondary N) is 2. The monoisotopic (exact) mass is 386 g/mol. The van der Waals surface area contributed by atoms with E-state index >= 15 is 0 Å². The van der Waals surface area contributed by atoms with Crippen LogP contribution < -0.4 is 10.0 Å². The second-order valence-electron chi connectivity index (χ2n) is 4.56. The van der Waals surface area contributed by atoms with Crippen LogP contribution in [0.3, 0.4) is 0 Å². The largest absolute Gasteiger partial charge is 0.314 e. The zero-order valence-corrected chi connectivity index (χ0v) is 14.0. The van der Waals surface area contributed by atoms with Gasteiger partial charge in [0.05, 0.1) is 9.37 Å². The fourth-order valence-corrected chi connectivity index (χ4v) is 3.40. The standard InChI is InChI=1S/C12H16BrFN2O2S.ClH/c13-11-4-3-10(8-12(11)14)19(17,18)16-7-5-9-2-1-6-15-9;/h3-4,8-9,15-16H,1-2,5-7H2;1H/t9-;/m1./s1. The van der Waals surface area contributed by atoms with Gasteiger partial charge in [0.1, 0.15) is 5.82 Å². The molecular formula is C12H17BrClFN2O2S. The van der Waals surface area contributed by atoms with Gasteiger partial charge in [-0.15, -0.1) is 12.4 Å². The van der Waals surface area contributed by atoms with Gasteiger partial charge in [0.25, 0.3) is 0 Å². The molecule has 0 amide bonds. The lowest BCUT2D eigenvalue weighted by molar-refractivity contribution is 0.538. The lowest BCUT2D eigenvalue weighted by Gasteiger charge is -2.11. The summed E-state index contributed by atoms with van der Waals surface area (Å²) in [5.41, 5.74) is 0. The van der Waals surface area contributed by atoms with E-state index in [1.165, 1.54) is 12.1 Å². The highest BCUT2D eigenvalue weighted by Crippen LogP contribution is 2.19. The molecule has 1 aromatic rings. The molecule has 114 valence electrons. The summed E-state index contributed by atoms with van der Waals surface area (Å²) in [5.74, 6) is -0.583. The summed E-state index contributed by atoms with van der Waals surface area (Å²) in [6.45, 7) is 1.35. The predicted molar refractivity (Wildman–Crippen MR) is 82.2 cm³/mol. The molecule has 1 heterocycles. The molecule has 1 saturated heterocycles. The van der Waals surface area contributed by atoms with E-state index in [-0.39, 0.29) is 21.8 Å². The van der Waals surface area contributed by atoms with Gasteiger partial charge in [0.15, 0.2) is 0 Å². The van der Waals surface area contributed by atoms with Crippen molar-refractivity contribution < 1.29 is 12.8 Å². The summed E-state index contributed by atoms with van der Waals surface area (Å²) >= 11 is 2.99. The lowest BCUT2D eigenvalue weighted by Crippen LogP contribution is -2.30. The Kier molecular flexibility index (Phi) is 6.87. The number of hydrogen-bond donors (Lipinski definition) is 2. The van der Waals surface area contributed by atoms with Crippen molar-refractivity contribution in [2.75, 3.05) is 13.1 Å². The Hall–Kier alpha value is -0.210. The van der Waals surface area contributed by atoms with Crippen molar-refractivity contribution in [3.8, 4) is 0 Å². The average Bonchev–Trinajstić information content (AvgIpc) is 2.85. The Morgan fingerprint density at radius 3 is 2.80 bits per heavy atom. The lowest BCUT2D eigenvalue weighted by atomic mass is 10.2. The molecule has 1 aliphatic heterocycles. The maximum absolute atomic E-state index is 13.3. The first-order chi connectivity index (χ1) is 8.99. The van der Waals surface area contributed by atoms with Crippen LogP contribution in [-0.2, 0) is 10.0 Å². The van der Waals surface area contributed by atoms with Gasteiger partial charge in [-0.2, -0.15) is 0 Å². The summed E-state index contributed by atoms with van der Waals surface area (Å²) in [7, 11) is -3.63. The summed E-state index contributed by atoms with van der Waals surface area (Å²) in [6, 6.07) is 4.16. The van der Waals surface area contributed by atoms with Gasteiger partial charge in [-0.1, -0.05) is 0 Å². The first kappa shape index (κ1) is 17.8. The van der Waals surface area contributed by atoms with Crippen molar-refractivity contribution in [2.45, 2.75) is 30.2 Å². The predicted octanol–water partition coefficient (Wildman–Crippen LogP) is 2.43. The maximum Gasteiger partial charge on any atom is 0.240 e. The summed E-state index contributed by atoms with van der Waals surface area (Å²) in [5, 5.41) is 3.30. The number of halogens is 3. The second-order valence-corrected chi connectivity index (χ2v) is 7.18. The topological polar surface area (TPSA) is 58.2 Å². The van der Waals surface area contributed by atoms with Gasteiger partial charge >= 0.3 is 0 Å². The van der Waals surface area contributed by atoms with Crippen molar-refractivity contribution in [2.24, 2.45) is 0 Å². The molecule has 0 saturated carbocycles. The first-order valence-electron chi connectivity index (χ1n) is 6.17. The highest BCUT2D eigenvalue weighted by Gasteiger charge is 2.18. The Labute approximate surface area is 133 Å². The molecule has 8 heteroatoms. The summed E-state index contributed by atoms with van der Waals surface area (Å²) in [4.78, 5) is -0.0485. The Morgan fingerprint density at radius 1 is 1.45 bits per heavy atom. The van der Waals surface area contributed by atoms with Crippen LogP contribution in [0.5, 0.6) is 0 Å². The number of sulfonamides is 1. The minimum atomic E-state index is -3.63. The van der Waals surface area contributed by atoms with E-state index in [0.717, 1.165) is 31.9 Å². The molecule has 0 aliphatic carbocycles. The van der Waals surface area contributed by atoms with Gasteiger partial charge in [0, 0.05) is 12.6 Å². The highest BCUT2D eigenvalue weighted by molar-refractivity contribution is 9.10. The SMILES string of the molecule is Cl.O=S(=O)(NCC[C@H]1CCCN1)c1ccc(Br)c(F)c1. The van der Waals surface area contributed by atoms with E-state index in [1.807, 2.05) is 0 Å². The molecule has 1 fully saturated rings. The smallest absolute Gasteiger partial charge is 0.240 e. The van der Waals surface area contributed by atoms with Gasteiger partial charge in [0.2, 0.25) is 10.0 Å². The third kappa shape index (κ3) is 4.66. The molecule has 0 radical (unpaired) electrons. The molecule has 1 aromatic carbocycles. The van der Waals surface area contributed by atoms with E-state index in [9.17, 15) is 12.8 Å². The highest BCUT2D eigenvalue weighted by atomic mass is 79.9. The van der Waals surface area contributed by atoms with Crippen molar-refractivity contribution >= 4 is 38.4 Å². The van der Waals surface area contributed by atoms with E-state index in [0.29, 0.717) is 12.6 Å². The molecule has 0 bridgehead atoms. The van der Waals surface area contributed by atoms with Gasteiger partial charge in [-0.05, 0) is 59.9 Å². The van der Waals surface area contributed by atoms with Crippen LogP contribution in [0.2, 0.25) is 0 Å². The van der Waals surface area contributed by atoms with Crippen LogP contribution in [0.15, 0.2) is 27.6 Å². The van der Waals surface area contributed by atoms with Crippen molar-refractivity contribution in [3.05, 3.63) is 28.5 Å². The maximum atomic E-state index is 13.3. The average molecular weight is 388 g/mol.